The van der Waals surface area contributed by atoms with Crippen LogP contribution in [0.15, 0.2) is 71.2 Å². The van der Waals surface area contributed by atoms with Gasteiger partial charge in [0.05, 0.1) is 0 Å². The normalized spacial score (nSPS) is 20.2. The van der Waals surface area contributed by atoms with Crippen LogP contribution in [-0.4, -0.2) is 41.3 Å². The molecule has 0 atom stereocenters. The van der Waals surface area contributed by atoms with Gasteiger partial charge in [-0.1, -0.05) is 64.1 Å². The SMILES string of the molecule is COCCCN1C2=C(C(=O)CC(C)(C)C2)C(c2cn(Cc3ccc(C)c(C)c3)c3ccccc23)C2=C1CC(C)(C)CC2=O. The lowest BCUT2D eigenvalue weighted by atomic mass is 9.63. The van der Waals surface area contributed by atoms with Gasteiger partial charge in [-0.25, -0.2) is 0 Å². The number of benzene rings is 2. The first kappa shape index (κ1) is 29.6. The van der Waals surface area contributed by atoms with Crippen LogP contribution in [0.2, 0.25) is 0 Å². The Morgan fingerprint density at radius 1 is 0.837 bits per heavy atom. The molecule has 1 aliphatic heterocycles. The monoisotopic (exact) mass is 578 g/mol. The van der Waals surface area contributed by atoms with E-state index in [9.17, 15) is 9.59 Å². The zero-order valence-electron chi connectivity index (χ0n) is 27.0. The quantitative estimate of drug-likeness (QED) is 0.266. The smallest absolute Gasteiger partial charge is 0.162 e. The summed E-state index contributed by atoms with van der Waals surface area (Å²) >= 11 is 0. The molecule has 0 saturated carbocycles. The van der Waals surface area contributed by atoms with Gasteiger partial charge < -0.3 is 14.2 Å². The number of aryl methyl sites for hydroxylation is 2. The number of ether oxygens (including phenoxy) is 1. The fraction of sp³-hybridized carbons (Fsp3) is 0.474. The number of hydrogen-bond donors (Lipinski definition) is 0. The van der Waals surface area contributed by atoms with Gasteiger partial charge in [0.2, 0.25) is 0 Å². The van der Waals surface area contributed by atoms with Crippen LogP contribution in [0, 0.1) is 24.7 Å². The molecule has 0 saturated heterocycles. The molecule has 43 heavy (non-hydrogen) atoms. The van der Waals surface area contributed by atoms with Crippen molar-refractivity contribution >= 4 is 22.5 Å². The largest absolute Gasteiger partial charge is 0.385 e. The minimum absolute atomic E-state index is 0.135. The molecular formula is C38H46N2O3. The van der Waals surface area contributed by atoms with Crippen LogP contribution in [-0.2, 0) is 20.9 Å². The van der Waals surface area contributed by atoms with Gasteiger partial charge in [0, 0.05) is 85.2 Å². The second kappa shape index (κ2) is 10.9. The first-order valence-corrected chi connectivity index (χ1v) is 15.8. The Bertz CT molecular complexity index is 1630. The average Bonchev–Trinajstić information content (AvgIpc) is 3.28. The summed E-state index contributed by atoms with van der Waals surface area (Å²) in [6.07, 6.45) is 5.72. The molecule has 3 aromatic rings. The number of hydrogen-bond acceptors (Lipinski definition) is 4. The third kappa shape index (κ3) is 5.42. The molecule has 5 heteroatoms. The molecule has 5 nitrogen and oxygen atoms in total. The Balaban J connectivity index is 1.57. The Morgan fingerprint density at radius 2 is 1.47 bits per heavy atom. The number of para-hydroxylation sites is 1. The summed E-state index contributed by atoms with van der Waals surface area (Å²) < 4.78 is 7.75. The van der Waals surface area contributed by atoms with E-state index in [1.165, 1.54) is 16.7 Å². The van der Waals surface area contributed by atoms with Crippen molar-refractivity contribution in [2.75, 3.05) is 20.3 Å². The summed E-state index contributed by atoms with van der Waals surface area (Å²) in [6, 6.07) is 15.2. The molecule has 2 aromatic carbocycles. The van der Waals surface area contributed by atoms with Gasteiger partial charge in [-0.15, -0.1) is 0 Å². The second-order valence-corrected chi connectivity index (χ2v) is 14.7. The molecule has 1 aromatic heterocycles. The van der Waals surface area contributed by atoms with E-state index >= 15 is 0 Å². The lowest BCUT2D eigenvalue weighted by molar-refractivity contribution is -0.119. The van der Waals surface area contributed by atoms with Crippen LogP contribution < -0.4 is 0 Å². The lowest BCUT2D eigenvalue weighted by Crippen LogP contribution is -2.44. The Kier molecular flexibility index (Phi) is 7.53. The molecule has 2 aliphatic carbocycles. The number of rotatable bonds is 7. The number of carbonyl (C=O) groups excluding carboxylic acids is 2. The van der Waals surface area contributed by atoms with Crippen molar-refractivity contribution in [2.24, 2.45) is 10.8 Å². The van der Waals surface area contributed by atoms with Crippen LogP contribution in [0.25, 0.3) is 10.9 Å². The predicted molar refractivity (Wildman–Crippen MR) is 173 cm³/mol. The van der Waals surface area contributed by atoms with E-state index in [1.807, 2.05) is 0 Å². The third-order valence-electron chi connectivity index (χ3n) is 9.81. The number of carbonyl (C=O) groups is 2. The Morgan fingerprint density at radius 3 is 2.07 bits per heavy atom. The maximum Gasteiger partial charge on any atom is 0.162 e. The van der Waals surface area contributed by atoms with Crippen molar-refractivity contribution in [3.63, 3.8) is 0 Å². The second-order valence-electron chi connectivity index (χ2n) is 14.7. The highest BCUT2D eigenvalue weighted by Gasteiger charge is 2.49. The fourth-order valence-corrected chi connectivity index (χ4v) is 7.73. The molecule has 0 amide bonds. The van der Waals surface area contributed by atoms with E-state index in [0.29, 0.717) is 19.4 Å². The van der Waals surface area contributed by atoms with Crippen LogP contribution in [0.5, 0.6) is 0 Å². The predicted octanol–water partition coefficient (Wildman–Crippen LogP) is 8.03. The summed E-state index contributed by atoms with van der Waals surface area (Å²) in [4.78, 5) is 30.9. The number of ketones is 2. The van der Waals surface area contributed by atoms with Gasteiger partial charge in [-0.2, -0.15) is 0 Å². The molecule has 6 rings (SSSR count). The summed E-state index contributed by atoms with van der Waals surface area (Å²) in [6.45, 7) is 15.2. The van der Waals surface area contributed by atoms with Crippen molar-refractivity contribution in [1.29, 1.82) is 0 Å². The number of fused-ring (bicyclic) bond motifs is 1. The topological polar surface area (TPSA) is 51.5 Å². The van der Waals surface area contributed by atoms with E-state index in [2.05, 4.69) is 99.7 Å². The average molecular weight is 579 g/mol. The summed E-state index contributed by atoms with van der Waals surface area (Å²) in [5, 5.41) is 1.12. The first-order chi connectivity index (χ1) is 20.4. The molecule has 3 aliphatic rings. The lowest BCUT2D eigenvalue weighted by Gasteiger charge is -2.49. The van der Waals surface area contributed by atoms with E-state index in [-0.39, 0.29) is 28.3 Å². The van der Waals surface area contributed by atoms with E-state index in [4.69, 9.17) is 4.74 Å². The summed E-state index contributed by atoms with van der Waals surface area (Å²) in [5.41, 5.74) is 9.69. The third-order valence-corrected chi connectivity index (χ3v) is 9.81. The van der Waals surface area contributed by atoms with Crippen LogP contribution in [0.1, 0.15) is 88.0 Å². The van der Waals surface area contributed by atoms with Crippen molar-refractivity contribution < 1.29 is 14.3 Å². The molecular weight excluding hydrogens is 532 g/mol. The number of nitrogens with zero attached hydrogens (tertiary/aromatic N) is 2. The Labute approximate surface area is 256 Å². The first-order valence-electron chi connectivity index (χ1n) is 15.8. The standard InChI is InChI=1S/C38H46N2O3/c1-24-13-14-26(17-25(24)2)22-39-23-28(27-11-8-9-12-29(27)39)34-35-30(18-37(3,4)20-32(35)41)40(15-10-16-43-7)31-19-38(5,6)21-33(42)36(31)34/h8-9,11-14,17,23,34H,10,15-16,18-22H2,1-7H3. The van der Waals surface area contributed by atoms with Crippen molar-refractivity contribution in [3.8, 4) is 0 Å². The van der Waals surface area contributed by atoms with Gasteiger partial charge in [0.1, 0.15) is 0 Å². The molecule has 0 spiro atoms. The van der Waals surface area contributed by atoms with E-state index < -0.39 is 0 Å². The zero-order valence-corrected chi connectivity index (χ0v) is 27.0. The van der Waals surface area contributed by atoms with Gasteiger partial charge in [0.15, 0.2) is 11.6 Å². The number of allylic oxidation sites excluding steroid dienone is 4. The van der Waals surface area contributed by atoms with Crippen LogP contribution >= 0.6 is 0 Å². The van der Waals surface area contributed by atoms with Crippen molar-refractivity contribution in [1.82, 2.24) is 9.47 Å². The molecule has 226 valence electrons. The Hall–Kier alpha value is -3.44. The van der Waals surface area contributed by atoms with Crippen LogP contribution in [0.4, 0.5) is 0 Å². The molecule has 0 unspecified atom stereocenters. The summed E-state index contributed by atoms with van der Waals surface area (Å²) in [5.74, 6) is 0.0214. The van der Waals surface area contributed by atoms with Crippen molar-refractivity contribution in [3.05, 3.63) is 93.5 Å². The van der Waals surface area contributed by atoms with Gasteiger partial charge >= 0.3 is 0 Å². The maximum atomic E-state index is 14.3. The minimum atomic E-state index is -0.346. The molecule has 0 radical (unpaired) electrons. The highest BCUT2D eigenvalue weighted by molar-refractivity contribution is 6.08. The fourth-order valence-electron chi connectivity index (χ4n) is 7.73. The summed E-state index contributed by atoms with van der Waals surface area (Å²) in [7, 11) is 1.73. The number of aromatic nitrogens is 1. The van der Waals surface area contributed by atoms with Gasteiger partial charge in [-0.3, -0.25) is 9.59 Å². The zero-order chi connectivity index (χ0) is 30.7. The van der Waals surface area contributed by atoms with E-state index in [1.54, 1.807) is 7.11 Å². The molecule has 0 bridgehead atoms. The minimum Gasteiger partial charge on any atom is -0.385 e. The molecule has 0 fully saturated rings. The maximum absolute atomic E-state index is 14.3. The molecule has 0 N–H and O–H groups in total. The van der Waals surface area contributed by atoms with Gasteiger partial charge in [-0.05, 0) is 72.3 Å². The number of Topliss-reactive ketones (excluding diaryl/α,β-unsaturated/α-hetero) is 2. The van der Waals surface area contributed by atoms with E-state index in [0.717, 1.165) is 71.4 Å². The number of methoxy groups -OCH3 is 1. The van der Waals surface area contributed by atoms with Gasteiger partial charge in [0.25, 0.3) is 0 Å². The highest BCUT2D eigenvalue weighted by atomic mass is 16.5. The highest BCUT2D eigenvalue weighted by Crippen LogP contribution is 2.55. The molecule has 2 heterocycles. The van der Waals surface area contributed by atoms with Crippen molar-refractivity contribution in [2.45, 2.75) is 86.1 Å². The van der Waals surface area contributed by atoms with Crippen LogP contribution in [0.3, 0.4) is 0 Å².